The number of benzene rings is 1. The Morgan fingerprint density at radius 1 is 1.12 bits per heavy atom. The summed E-state index contributed by atoms with van der Waals surface area (Å²) in [7, 11) is 0. The molecule has 1 amide bonds. The van der Waals surface area contributed by atoms with Crippen molar-refractivity contribution in [2.75, 3.05) is 55.3 Å². The van der Waals surface area contributed by atoms with Crippen LogP contribution < -0.4 is 16.0 Å². The Balaban J connectivity index is 1.53. The van der Waals surface area contributed by atoms with Gasteiger partial charge in [-0.15, -0.1) is 0 Å². The van der Waals surface area contributed by atoms with E-state index >= 15 is 0 Å². The van der Waals surface area contributed by atoms with Crippen LogP contribution in [0.5, 0.6) is 0 Å². The Hall–Kier alpha value is -3.24. The van der Waals surface area contributed by atoms with Gasteiger partial charge in [-0.3, -0.25) is 14.3 Å². The third-order valence-electron chi connectivity index (χ3n) is 5.28. The summed E-state index contributed by atoms with van der Waals surface area (Å²) in [4.78, 5) is 27.4. The highest BCUT2D eigenvalue weighted by Crippen LogP contribution is 2.28. The minimum atomic E-state index is -0.101. The van der Waals surface area contributed by atoms with E-state index in [-0.39, 0.29) is 11.9 Å². The van der Waals surface area contributed by atoms with Crippen LogP contribution in [-0.2, 0) is 9.53 Å². The number of ether oxygens (including phenoxy) is 1. The minimum Gasteiger partial charge on any atom is -0.379 e. The molecule has 3 heterocycles. The fourth-order valence-corrected chi connectivity index (χ4v) is 3.74. The van der Waals surface area contributed by atoms with Gasteiger partial charge in [-0.25, -0.2) is 15.0 Å². The number of nitrogens with one attached hydrogen (secondary N) is 3. The second-order valence-electron chi connectivity index (χ2n) is 8.06. The van der Waals surface area contributed by atoms with Crippen LogP contribution in [0.15, 0.2) is 30.6 Å². The number of morpholine rings is 1. The molecule has 0 spiro atoms. The summed E-state index contributed by atoms with van der Waals surface area (Å²) in [5, 5.41) is 9.57. The van der Waals surface area contributed by atoms with Crippen LogP contribution in [0.3, 0.4) is 0 Å². The highest BCUT2D eigenvalue weighted by Gasteiger charge is 2.18. The number of anilines is 4. The average Bonchev–Trinajstić information content (AvgIpc) is 3.15. The fraction of sp³-hybridized carbons (Fsp3) is 0.455. The number of amides is 1. The molecule has 1 saturated heterocycles. The SMILES string of the molecule is CC(=O)Nc1ccc(Nc2ncnc3c2nc(NCCN2CCOCC2)n3C(C)C)cc1. The summed E-state index contributed by atoms with van der Waals surface area (Å²) < 4.78 is 7.52. The second-order valence-corrected chi connectivity index (χ2v) is 8.06. The molecule has 1 aliphatic rings. The Labute approximate surface area is 187 Å². The zero-order chi connectivity index (χ0) is 22.5. The smallest absolute Gasteiger partial charge is 0.221 e. The first-order chi connectivity index (χ1) is 15.5. The first-order valence-corrected chi connectivity index (χ1v) is 10.9. The number of carbonyl (C=O) groups excluding carboxylic acids is 1. The van der Waals surface area contributed by atoms with E-state index in [0.717, 1.165) is 62.4 Å². The summed E-state index contributed by atoms with van der Waals surface area (Å²) in [6.45, 7) is 10.9. The van der Waals surface area contributed by atoms with E-state index in [9.17, 15) is 4.79 Å². The van der Waals surface area contributed by atoms with Crippen molar-refractivity contribution in [1.82, 2.24) is 24.4 Å². The molecule has 3 N–H and O–H groups in total. The topological polar surface area (TPSA) is 109 Å². The molecule has 170 valence electrons. The first kappa shape index (κ1) is 22.0. The van der Waals surface area contributed by atoms with Gasteiger partial charge < -0.3 is 20.7 Å². The molecular formula is C22H30N8O2. The monoisotopic (exact) mass is 438 g/mol. The molecule has 0 radical (unpaired) electrons. The van der Waals surface area contributed by atoms with Gasteiger partial charge in [0.25, 0.3) is 0 Å². The van der Waals surface area contributed by atoms with Gasteiger partial charge in [0.05, 0.1) is 13.2 Å². The fourth-order valence-electron chi connectivity index (χ4n) is 3.74. The first-order valence-electron chi connectivity index (χ1n) is 10.9. The summed E-state index contributed by atoms with van der Waals surface area (Å²) in [6.07, 6.45) is 1.55. The van der Waals surface area contributed by atoms with E-state index < -0.39 is 0 Å². The second kappa shape index (κ2) is 9.92. The molecule has 2 aromatic heterocycles. The molecule has 32 heavy (non-hydrogen) atoms. The molecule has 0 saturated carbocycles. The van der Waals surface area contributed by atoms with Crippen molar-refractivity contribution in [2.45, 2.75) is 26.8 Å². The van der Waals surface area contributed by atoms with Crippen LogP contribution in [0.2, 0.25) is 0 Å². The van der Waals surface area contributed by atoms with Gasteiger partial charge in [0.15, 0.2) is 17.0 Å². The van der Waals surface area contributed by atoms with Crippen molar-refractivity contribution in [2.24, 2.45) is 0 Å². The standard InChI is InChI=1S/C22H30N8O2/c1-15(2)30-21-19(28-22(30)23-8-9-29-10-12-32-13-11-29)20(24-14-25-21)27-18-6-4-17(5-7-18)26-16(3)31/h4-7,14-15H,8-13H2,1-3H3,(H,23,28)(H,26,31)(H,24,25,27). The summed E-state index contributed by atoms with van der Waals surface area (Å²) in [5.74, 6) is 1.32. The summed E-state index contributed by atoms with van der Waals surface area (Å²) in [5.41, 5.74) is 3.08. The molecule has 1 aliphatic heterocycles. The number of fused-ring (bicyclic) bond motifs is 1. The number of hydrogen-bond acceptors (Lipinski definition) is 8. The number of aromatic nitrogens is 4. The molecule has 3 aromatic rings. The Kier molecular flexibility index (Phi) is 6.81. The molecule has 1 aromatic carbocycles. The third kappa shape index (κ3) is 5.14. The van der Waals surface area contributed by atoms with E-state index in [1.807, 2.05) is 24.3 Å². The van der Waals surface area contributed by atoms with E-state index in [1.165, 1.54) is 6.92 Å². The van der Waals surface area contributed by atoms with Crippen LogP contribution in [0.25, 0.3) is 11.2 Å². The van der Waals surface area contributed by atoms with Gasteiger partial charge in [0.2, 0.25) is 11.9 Å². The summed E-state index contributed by atoms with van der Waals surface area (Å²) in [6, 6.07) is 7.65. The van der Waals surface area contributed by atoms with Crippen LogP contribution in [0.4, 0.5) is 23.1 Å². The van der Waals surface area contributed by atoms with Crippen molar-refractivity contribution in [1.29, 1.82) is 0 Å². The largest absolute Gasteiger partial charge is 0.379 e. The van der Waals surface area contributed by atoms with Crippen molar-refractivity contribution >= 4 is 40.2 Å². The highest BCUT2D eigenvalue weighted by molar-refractivity contribution is 5.90. The molecule has 10 nitrogen and oxygen atoms in total. The zero-order valence-electron chi connectivity index (χ0n) is 18.8. The number of hydrogen-bond donors (Lipinski definition) is 3. The van der Waals surface area contributed by atoms with Gasteiger partial charge in [-0.2, -0.15) is 0 Å². The zero-order valence-corrected chi connectivity index (χ0v) is 18.8. The predicted octanol–water partition coefficient (Wildman–Crippen LogP) is 2.85. The molecule has 4 rings (SSSR count). The lowest BCUT2D eigenvalue weighted by atomic mass is 10.2. The van der Waals surface area contributed by atoms with E-state index in [1.54, 1.807) is 6.33 Å². The van der Waals surface area contributed by atoms with Crippen molar-refractivity contribution in [3.63, 3.8) is 0 Å². The number of carbonyl (C=O) groups is 1. The van der Waals surface area contributed by atoms with E-state index in [0.29, 0.717) is 11.3 Å². The molecule has 0 aliphatic carbocycles. The maximum absolute atomic E-state index is 11.2. The van der Waals surface area contributed by atoms with Gasteiger partial charge >= 0.3 is 0 Å². The molecule has 1 fully saturated rings. The number of imidazole rings is 1. The lowest BCUT2D eigenvalue weighted by Crippen LogP contribution is -2.39. The Morgan fingerprint density at radius 3 is 2.53 bits per heavy atom. The number of rotatable bonds is 8. The maximum Gasteiger partial charge on any atom is 0.221 e. The van der Waals surface area contributed by atoms with Crippen LogP contribution >= 0.6 is 0 Å². The van der Waals surface area contributed by atoms with Crippen LogP contribution in [-0.4, -0.2) is 69.7 Å². The molecule has 0 unspecified atom stereocenters. The van der Waals surface area contributed by atoms with Crippen molar-refractivity contribution < 1.29 is 9.53 Å². The quantitative estimate of drug-likeness (QED) is 0.493. The van der Waals surface area contributed by atoms with E-state index in [4.69, 9.17) is 9.72 Å². The normalized spacial score (nSPS) is 14.6. The number of nitrogens with zero attached hydrogens (tertiary/aromatic N) is 5. The van der Waals surface area contributed by atoms with Gasteiger partial charge in [-0.1, -0.05) is 0 Å². The van der Waals surface area contributed by atoms with Crippen molar-refractivity contribution in [3.8, 4) is 0 Å². The average molecular weight is 439 g/mol. The van der Waals surface area contributed by atoms with Gasteiger partial charge in [0.1, 0.15) is 6.33 Å². The molecule has 0 bridgehead atoms. The molecular weight excluding hydrogens is 408 g/mol. The van der Waals surface area contributed by atoms with Gasteiger partial charge in [0, 0.05) is 50.5 Å². The lowest BCUT2D eigenvalue weighted by molar-refractivity contribution is -0.114. The highest BCUT2D eigenvalue weighted by atomic mass is 16.5. The maximum atomic E-state index is 11.2. The summed E-state index contributed by atoms with van der Waals surface area (Å²) >= 11 is 0. The lowest BCUT2D eigenvalue weighted by Gasteiger charge is -2.26. The van der Waals surface area contributed by atoms with Crippen LogP contribution in [0, 0.1) is 0 Å². The predicted molar refractivity (Wildman–Crippen MR) is 125 cm³/mol. The van der Waals surface area contributed by atoms with Crippen LogP contribution in [0.1, 0.15) is 26.8 Å². The molecule has 10 heteroatoms. The minimum absolute atomic E-state index is 0.101. The Morgan fingerprint density at radius 2 is 1.84 bits per heavy atom. The molecule has 0 atom stereocenters. The Bertz CT molecular complexity index is 1060. The van der Waals surface area contributed by atoms with Crippen molar-refractivity contribution in [3.05, 3.63) is 30.6 Å². The van der Waals surface area contributed by atoms with E-state index in [2.05, 4.69) is 49.2 Å². The third-order valence-corrected chi connectivity index (χ3v) is 5.28. The van der Waals surface area contributed by atoms with Gasteiger partial charge in [-0.05, 0) is 38.1 Å².